The lowest BCUT2D eigenvalue weighted by molar-refractivity contribution is 0.172. The summed E-state index contributed by atoms with van der Waals surface area (Å²) in [4.78, 5) is 0. The Balaban J connectivity index is 2.72. The van der Waals surface area contributed by atoms with E-state index in [1.165, 1.54) is 0 Å². The van der Waals surface area contributed by atoms with E-state index in [2.05, 4.69) is 13.2 Å². The molecule has 18 heavy (non-hydrogen) atoms. The van der Waals surface area contributed by atoms with Gasteiger partial charge in [0.2, 0.25) is 0 Å². The molecule has 2 unspecified atom stereocenters. The van der Waals surface area contributed by atoms with E-state index in [-0.39, 0.29) is 0 Å². The Labute approximate surface area is 109 Å². The molecule has 0 aliphatic rings. The third-order valence-corrected chi connectivity index (χ3v) is 2.91. The fourth-order valence-corrected chi connectivity index (χ4v) is 2.01. The van der Waals surface area contributed by atoms with Crippen molar-refractivity contribution >= 4 is 0 Å². The van der Waals surface area contributed by atoms with E-state index in [0.717, 1.165) is 11.1 Å². The standard InChI is InChI=1S/C16H22O2/c1-3-7-15(17)11-13-9-5-6-10-14(13)12-16(18)8-4-2/h3-6,9-10,15-18H,1-2,7-8,11-12H2. The summed E-state index contributed by atoms with van der Waals surface area (Å²) in [6.07, 6.45) is 5.01. The fraction of sp³-hybridized carbons (Fsp3) is 0.375. The van der Waals surface area contributed by atoms with Gasteiger partial charge in [-0.15, -0.1) is 13.2 Å². The molecule has 0 aliphatic heterocycles. The highest BCUT2D eigenvalue weighted by atomic mass is 16.3. The zero-order valence-electron chi connectivity index (χ0n) is 10.8. The van der Waals surface area contributed by atoms with Crippen LogP contribution in [0.25, 0.3) is 0 Å². The van der Waals surface area contributed by atoms with E-state index in [1.54, 1.807) is 12.2 Å². The first-order valence-corrected chi connectivity index (χ1v) is 6.32. The highest BCUT2D eigenvalue weighted by Gasteiger charge is 2.10. The van der Waals surface area contributed by atoms with Crippen LogP contribution in [0.5, 0.6) is 0 Å². The summed E-state index contributed by atoms with van der Waals surface area (Å²) in [6.45, 7) is 7.25. The lowest BCUT2D eigenvalue weighted by atomic mass is 9.95. The monoisotopic (exact) mass is 246 g/mol. The normalized spacial score (nSPS) is 13.9. The van der Waals surface area contributed by atoms with Crippen molar-refractivity contribution in [2.45, 2.75) is 37.9 Å². The molecule has 0 bridgehead atoms. The van der Waals surface area contributed by atoms with Gasteiger partial charge in [0, 0.05) is 0 Å². The SMILES string of the molecule is C=CCC(O)Cc1ccccc1CC(O)CC=C. The van der Waals surface area contributed by atoms with Crippen molar-refractivity contribution in [3.8, 4) is 0 Å². The molecule has 2 heteroatoms. The summed E-state index contributed by atoms with van der Waals surface area (Å²) in [7, 11) is 0. The second kappa shape index (κ2) is 7.85. The Bertz CT molecular complexity index is 347. The highest BCUT2D eigenvalue weighted by Crippen LogP contribution is 2.15. The molecule has 2 atom stereocenters. The van der Waals surface area contributed by atoms with Gasteiger partial charge in [0.15, 0.2) is 0 Å². The van der Waals surface area contributed by atoms with E-state index in [9.17, 15) is 10.2 Å². The van der Waals surface area contributed by atoms with E-state index in [0.29, 0.717) is 25.7 Å². The summed E-state index contributed by atoms with van der Waals surface area (Å²) in [6, 6.07) is 7.92. The lowest BCUT2D eigenvalue weighted by Gasteiger charge is -2.15. The Hall–Kier alpha value is -1.38. The third kappa shape index (κ3) is 4.86. The predicted octanol–water partition coefficient (Wildman–Crippen LogP) is 2.65. The van der Waals surface area contributed by atoms with Crippen LogP contribution < -0.4 is 0 Å². The number of hydrogen-bond acceptors (Lipinski definition) is 2. The molecule has 0 radical (unpaired) electrons. The van der Waals surface area contributed by atoms with Crippen LogP contribution in [-0.2, 0) is 12.8 Å². The van der Waals surface area contributed by atoms with Crippen LogP contribution in [0.4, 0.5) is 0 Å². The zero-order valence-corrected chi connectivity index (χ0v) is 10.8. The van der Waals surface area contributed by atoms with Crippen molar-refractivity contribution in [2.24, 2.45) is 0 Å². The average molecular weight is 246 g/mol. The van der Waals surface area contributed by atoms with Crippen LogP contribution in [-0.4, -0.2) is 22.4 Å². The zero-order chi connectivity index (χ0) is 13.4. The molecule has 2 N–H and O–H groups in total. The molecule has 1 aromatic rings. The number of benzene rings is 1. The van der Waals surface area contributed by atoms with Crippen LogP contribution in [0.15, 0.2) is 49.6 Å². The molecular weight excluding hydrogens is 224 g/mol. The van der Waals surface area contributed by atoms with Crippen LogP contribution >= 0.6 is 0 Å². The van der Waals surface area contributed by atoms with Crippen LogP contribution in [0, 0.1) is 0 Å². The van der Waals surface area contributed by atoms with Gasteiger partial charge in [0.25, 0.3) is 0 Å². The first-order valence-electron chi connectivity index (χ1n) is 6.32. The van der Waals surface area contributed by atoms with Crippen molar-refractivity contribution in [3.63, 3.8) is 0 Å². The van der Waals surface area contributed by atoms with Gasteiger partial charge in [-0.1, -0.05) is 36.4 Å². The first kappa shape index (κ1) is 14.7. The largest absolute Gasteiger partial charge is 0.392 e. The molecule has 0 heterocycles. The van der Waals surface area contributed by atoms with Gasteiger partial charge in [0.05, 0.1) is 12.2 Å². The van der Waals surface area contributed by atoms with E-state index >= 15 is 0 Å². The molecule has 0 saturated heterocycles. The Morgan fingerprint density at radius 1 is 0.889 bits per heavy atom. The average Bonchev–Trinajstić information content (AvgIpc) is 2.32. The fourth-order valence-electron chi connectivity index (χ4n) is 2.01. The molecule has 0 spiro atoms. The topological polar surface area (TPSA) is 40.5 Å². The van der Waals surface area contributed by atoms with Crippen molar-refractivity contribution in [1.82, 2.24) is 0 Å². The van der Waals surface area contributed by atoms with Crippen molar-refractivity contribution < 1.29 is 10.2 Å². The van der Waals surface area contributed by atoms with Crippen molar-refractivity contribution in [2.75, 3.05) is 0 Å². The summed E-state index contributed by atoms with van der Waals surface area (Å²) in [5.74, 6) is 0. The van der Waals surface area contributed by atoms with Gasteiger partial charge in [-0.2, -0.15) is 0 Å². The summed E-state index contributed by atoms with van der Waals surface area (Å²) in [5.41, 5.74) is 2.19. The summed E-state index contributed by atoms with van der Waals surface area (Å²) >= 11 is 0. The molecule has 0 fully saturated rings. The maximum Gasteiger partial charge on any atom is 0.0614 e. The molecule has 1 aromatic carbocycles. The predicted molar refractivity (Wildman–Crippen MR) is 75.5 cm³/mol. The van der Waals surface area contributed by atoms with E-state index in [4.69, 9.17) is 0 Å². The highest BCUT2D eigenvalue weighted by molar-refractivity contribution is 5.28. The van der Waals surface area contributed by atoms with Gasteiger partial charge in [-0.05, 0) is 36.8 Å². The minimum absolute atomic E-state index is 0.403. The van der Waals surface area contributed by atoms with Gasteiger partial charge in [0.1, 0.15) is 0 Å². The van der Waals surface area contributed by atoms with Crippen molar-refractivity contribution in [3.05, 3.63) is 60.7 Å². The lowest BCUT2D eigenvalue weighted by Crippen LogP contribution is -2.14. The van der Waals surface area contributed by atoms with Crippen LogP contribution in [0.1, 0.15) is 24.0 Å². The number of aliphatic hydroxyl groups excluding tert-OH is 2. The molecule has 0 amide bonds. The second-order valence-corrected chi connectivity index (χ2v) is 4.53. The summed E-state index contributed by atoms with van der Waals surface area (Å²) < 4.78 is 0. The molecule has 1 rings (SSSR count). The third-order valence-electron chi connectivity index (χ3n) is 2.91. The Kier molecular flexibility index (Phi) is 6.40. The quantitative estimate of drug-likeness (QED) is 0.692. The maximum atomic E-state index is 9.81. The molecule has 2 nitrogen and oxygen atoms in total. The van der Waals surface area contributed by atoms with Gasteiger partial charge in [-0.3, -0.25) is 0 Å². The Morgan fingerprint density at radius 2 is 1.28 bits per heavy atom. The van der Waals surface area contributed by atoms with Crippen LogP contribution in [0.2, 0.25) is 0 Å². The number of aliphatic hydroxyl groups is 2. The molecule has 98 valence electrons. The summed E-state index contributed by atoms with van der Waals surface area (Å²) in [5, 5.41) is 19.6. The maximum absolute atomic E-state index is 9.81. The molecule has 0 saturated carbocycles. The van der Waals surface area contributed by atoms with Crippen molar-refractivity contribution in [1.29, 1.82) is 0 Å². The second-order valence-electron chi connectivity index (χ2n) is 4.53. The smallest absolute Gasteiger partial charge is 0.0614 e. The first-order chi connectivity index (χ1) is 8.67. The van der Waals surface area contributed by atoms with Gasteiger partial charge < -0.3 is 10.2 Å². The minimum Gasteiger partial charge on any atom is -0.392 e. The number of hydrogen-bond donors (Lipinski definition) is 2. The van der Waals surface area contributed by atoms with Crippen LogP contribution in [0.3, 0.4) is 0 Å². The molecule has 0 aliphatic carbocycles. The van der Waals surface area contributed by atoms with E-state index in [1.807, 2.05) is 24.3 Å². The minimum atomic E-state index is -0.403. The van der Waals surface area contributed by atoms with Gasteiger partial charge in [-0.25, -0.2) is 0 Å². The molecular formula is C16H22O2. The van der Waals surface area contributed by atoms with E-state index < -0.39 is 12.2 Å². The number of rotatable bonds is 8. The molecule has 0 aromatic heterocycles. The Morgan fingerprint density at radius 3 is 1.61 bits per heavy atom. The van der Waals surface area contributed by atoms with Gasteiger partial charge >= 0.3 is 0 Å².